The van der Waals surface area contributed by atoms with E-state index in [9.17, 15) is 5.11 Å². The van der Waals surface area contributed by atoms with Gasteiger partial charge in [0.2, 0.25) is 5.88 Å². The van der Waals surface area contributed by atoms with Crippen molar-refractivity contribution in [1.82, 2.24) is 14.7 Å². The monoisotopic (exact) mass is 441 g/mol. The summed E-state index contributed by atoms with van der Waals surface area (Å²) in [6, 6.07) is 30.2. The van der Waals surface area contributed by atoms with E-state index < -0.39 is 6.10 Å². The van der Waals surface area contributed by atoms with Gasteiger partial charge in [0, 0.05) is 19.6 Å². The van der Waals surface area contributed by atoms with Gasteiger partial charge in [0.15, 0.2) is 0 Å². The Morgan fingerprint density at radius 3 is 2.12 bits per heavy atom. The molecule has 0 fully saturated rings. The maximum Gasteiger partial charge on any atom is 0.227 e. The first-order valence-corrected chi connectivity index (χ1v) is 11.4. The van der Waals surface area contributed by atoms with E-state index in [2.05, 4.69) is 17.0 Å². The first kappa shape index (κ1) is 22.8. The number of nitrogens with zero attached hydrogens (tertiary/aromatic N) is 3. The molecule has 0 saturated carbocycles. The molecule has 4 rings (SSSR count). The summed E-state index contributed by atoms with van der Waals surface area (Å²) in [5.41, 5.74) is 4.08. The SMILES string of the molecule is CC[C@@H](O)CN(Cc1ccccc1)Cc1c(C)nn(-c2ccccc2)c1Oc1ccccc1. The van der Waals surface area contributed by atoms with E-state index in [-0.39, 0.29) is 0 Å². The van der Waals surface area contributed by atoms with Crippen molar-refractivity contribution < 1.29 is 9.84 Å². The quantitative estimate of drug-likeness (QED) is 0.341. The van der Waals surface area contributed by atoms with Gasteiger partial charge in [-0.3, -0.25) is 4.90 Å². The molecule has 5 nitrogen and oxygen atoms in total. The summed E-state index contributed by atoms with van der Waals surface area (Å²) >= 11 is 0. The third-order valence-electron chi connectivity index (χ3n) is 5.67. The fourth-order valence-corrected chi connectivity index (χ4v) is 3.85. The van der Waals surface area contributed by atoms with Crippen molar-refractivity contribution >= 4 is 0 Å². The van der Waals surface area contributed by atoms with Crippen molar-refractivity contribution in [2.45, 2.75) is 39.5 Å². The van der Waals surface area contributed by atoms with Crippen LogP contribution in [0.3, 0.4) is 0 Å². The minimum atomic E-state index is -0.392. The summed E-state index contributed by atoms with van der Waals surface area (Å²) in [5, 5.41) is 15.3. The Bertz CT molecular complexity index is 1130. The zero-order chi connectivity index (χ0) is 23.0. The number of aliphatic hydroxyl groups is 1. The smallest absolute Gasteiger partial charge is 0.227 e. The summed E-state index contributed by atoms with van der Waals surface area (Å²) < 4.78 is 8.28. The average Bonchev–Trinajstić information content (AvgIpc) is 3.15. The molecule has 0 saturated heterocycles. The number of hydrogen-bond acceptors (Lipinski definition) is 4. The van der Waals surface area contributed by atoms with Crippen LogP contribution in [0.25, 0.3) is 5.69 Å². The van der Waals surface area contributed by atoms with Gasteiger partial charge in [-0.05, 0) is 43.2 Å². The topological polar surface area (TPSA) is 50.5 Å². The van der Waals surface area contributed by atoms with E-state index in [4.69, 9.17) is 9.84 Å². The molecule has 0 spiro atoms. The Morgan fingerprint density at radius 2 is 1.48 bits per heavy atom. The number of para-hydroxylation sites is 2. The van der Waals surface area contributed by atoms with Crippen LogP contribution in [-0.4, -0.2) is 32.4 Å². The van der Waals surface area contributed by atoms with Gasteiger partial charge in [0.05, 0.1) is 23.0 Å². The Kier molecular flexibility index (Phi) is 7.55. The second-order valence-corrected chi connectivity index (χ2v) is 8.25. The molecule has 33 heavy (non-hydrogen) atoms. The molecule has 170 valence electrons. The minimum Gasteiger partial charge on any atom is -0.439 e. The molecule has 0 unspecified atom stereocenters. The second kappa shape index (κ2) is 10.9. The molecule has 0 aliphatic heterocycles. The Morgan fingerprint density at radius 1 is 0.879 bits per heavy atom. The molecule has 1 heterocycles. The van der Waals surface area contributed by atoms with Gasteiger partial charge in [-0.1, -0.05) is 73.7 Å². The zero-order valence-corrected chi connectivity index (χ0v) is 19.3. The molecule has 1 atom stereocenters. The van der Waals surface area contributed by atoms with Gasteiger partial charge in [0.25, 0.3) is 0 Å². The van der Waals surface area contributed by atoms with Crippen LogP contribution in [0.2, 0.25) is 0 Å². The third kappa shape index (κ3) is 5.89. The molecular formula is C28H31N3O2. The lowest BCUT2D eigenvalue weighted by Gasteiger charge is -2.25. The molecule has 3 aromatic carbocycles. The van der Waals surface area contributed by atoms with Crippen LogP contribution in [0.15, 0.2) is 91.0 Å². The highest BCUT2D eigenvalue weighted by Gasteiger charge is 2.22. The van der Waals surface area contributed by atoms with E-state index in [1.165, 1.54) is 5.56 Å². The molecular weight excluding hydrogens is 410 g/mol. The van der Waals surface area contributed by atoms with Crippen LogP contribution in [0.4, 0.5) is 0 Å². The fraction of sp³-hybridized carbons (Fsp3) is 0.250. The van der Waals surface area contributed by atoms with Gasteiger partial charge in [-0.2, -0.15) is 5.10 Å². The van der Waals surface area contributed by atoms with E-state index in [0.29, 0.717) is 25.4 Å². The van der Waals surface area contributed by atoms with E-state index in [1.54, 1.807) is 0 Å². The number of aromatic nitrogens is 2. The van der Waals surface area contributed by atoms with Crippen molar-refractivity contribution in [3.63, 3.8) is 0 Å². The van der Waals surface area contributed by atoms with Crippen LogP contribution < -0.4 is 4.74 Å². The molecule has 1 aromatic heterocycles. The minimum absolute atomic E-state index is 0.392. The lowest BCUT2D eigenvalue weighted by atomic mass is 10.1. The summed E-state index contributed by atoms with van der Waals surface area (Å²) in [4.78, 5) is 2.26. The Balaban J connectivity index is 1.71. The average molecular weight is 442 g/mol. The maximum absolute atomic E-state index is 10.4. The number of aliphatic hydroxyl groups excluding tert-OH is 1. The van der Waals surface area contributed by atoms with E-state index in [0.717, 1.165) is 29.2 Å². The largest absolute Gasteiger partial charge is 0.439 e. The van der Waals surface area contributed by atoms with Gasteiger partial charge >= 0.3 is 0 Å². The maximum atomic E-state index is 10.4. The number of hydrogen-bond donors (Lipinski definition) is 1. The first-order chi connectivity index (χ1) is 16.1. The molecule has 0 aliphatic carbocycles. The number of ether oxygens (including phenoxy) is 1. The number of aryl methyl sites for hydroxylation is 1. The van der Waals surface area contributed by atoms with Gasteiger partial charge in [-0.15, -0.1) is 0 Å². The Hall–Kier alpha value is -3.41. The predicted molar refractivity (Wildman–Crippen MR) is 132 cm³/mol. The van der Waals surface area contributed by atoms with Crippen molar-refractivity contribution in [3.8, 4) is 17.3 Å². The zero-order valence-electron chi connectivity index (χ0n) is 19.3. The van der Waals surface area contributed by atoms with Crippen LogP contribution in [0.5, 0.6) is 11.6 Å². The standard InChI is InChI=1S/C28H31N3O2/c1-3-25(32)20-30(19-23-13-7-4-8-14-23)21-27-22(2)29-31(24-15-9-5-10-16-24)28(27)33-26-17-11-6-12-18-26/h4-18,25,32H,3,19-21H2,1-2H3/t25-/m1/s1. The van der Waals surface area contributed by atoms with Crippen LogP contribution in [0.1, 0.15) is 30.2 Å². The summed E-state index contributed by atoms with van der Waals surface area (Å²) in [7, 11) is 0. The van der Waals surface area contributed by atoms with Crippen LogP contribution in [-0.2, 0) is 13.1 Å². The Labute approximate surface area is 195 Å². The van der Waals surface area contributed by atoms with E-state index >= 15 is 0 Å². The highest BCUT2D eigenvalue weighted by Crippen LogP contribution is 2.32. The van der Waals surface area contributed by atoms with Crippen LogP contribution >= 0.6 is 0 Å². The highest BCUT2D eigenvalue weighted by atomic mass is 16.5. The molecule has 1 N–H and O–H groups in total. The molecule has 0 bridgehead atoms. The lowest BCUT2D eigenvalue weighted by molar-refractivity contribution is 0.101. The first-order valence-electron chi connectivity index (χ1n) is 11.4. The highest BCUT2D eigenvalue weighted by molar-refractivity contribution is 5.43. The second-order valence-electron chi connectivity index (χ2n) is 8.25. The van der Waals surface area contributed by atoms with Crippen molar-refractivity contribution in [3.05, 3.63) is 108 Å². The van der Waals surface area contributed by atoms with Crippen molar-refractivity contribution in [2.75, 3.05) is 6.54 Å². The van der Waals surface area contributed by atoms with Gasteiger partial charge < -0.3 is 9.84 Å². The van der Waals surface area contributed by atoms with Crippen molar-refractivity contribution in [2.24, 2.45) is 0 Å². The number of benzene rings is 3. The molecule has 0 radical (unpaired) electrons. The summed E-state index contributed by atoms with van der Waals surface area (Å²) in [6.07, 6.45) is 0.317. The molecule has 4 aromatic rings. The molecule has 5 heteroatoms. The van der Waals surface area contributed by atoms with Gasteiger partial charge in [0.1, 0.15) is 5.75 Å². The van der Waals surface area contributed by atoms with Gasteiger partial charge in [-0.25, -0.2) is 4.68 Å². The predicted octanol–water partition coefficient (Wildman–Crippen LogP) is 5.75. The van der Waals surface area contributed by atoms with Crippen LogP contribution in [0, 0.1) is 6.92 Å². The fourth-order valence-electron chi connectivity index (χ4n) is 3.85. The lowest BCUT2D eigenvalue weighted by Crippen LogP contribution is -2.31. The van der Waals surface area contributed by atoms with Crippen molar-refractivity contribution in [1.29, 1.82) is 0 Å². The molecule has 0 aliphatic rings. The van der Waals surface area contributed by atoms with E-state index in [1.807, 2.05) is 97.4 Å². The molecule has 0 amide bonds. The summed E-state index contributed by atoms with van der Waals surface area (Å²) in [5.74, 6) is 1.47. The summed E-state index contributed by atoms with van der Waals surface area (Å²) in [6.45, 7) is 5.95. The normalized spacial score (nSPS) is 12.1. The number of rotatable bonds is 10. The third-order valence-corrected chi connectivity index (χ3v) is 5.67.